The second-order valence-electron chi connectivity index (χ2n) is 4.76. The summed E-state index contributed by atoms with van der Waals surface area (Å²) in [7, 11) is 0. The highest BCUT2D eigenvalue weighted by atomic mass is 16.5. The van der Waals surface area contributed by atoms with Crippen molar-refractivity contribution in [3.63, 3.8) is 0 Å². The van der Waals surface area contributed by atoms with Crippen LogP contribution < -0.4 is 10.1 Å². The Bertz CT molecular complexity index is 357. The Hall–Kier alpha value is -1.22. The zero-order valence-corrected chi connectivity index (χ0v) is 10.4. The summed E-state index contributed by atoms with van der Waals surface area (Å²) in [6, 6.07) is 5.70. The van der Waals surface area contributed by atoms with E-state index in [0.29, 0.717) is 18.4 Å². The number of aryl methyl sites for hydroxylation is 1. The second-order valence-corrected chi connectivity index (χ2v) is 4.76. The van der Waals surface area contributed by atoms with Crippen LogP contribution in [0.4, 0.5) is 0 Å². The highest BCUT2D eigenvalue weighted by Crippen LogP contribution is 2.22. The third-order valence-corrected chi connectivity index (χ3v) is 3.26. The van der Waals surface area contributed by atoms with Gasteiger partial charge in [0.1, 0.15) is 18.1 Å². The minimum Gasteiger partial charge on any atom is -0.508 e. The van der Waals surface area contributed by atoms with E-state index in [-0.39, 0.29) is 0 Å². The lowest BCUT2D eigenvalue weighted by Crippen LogP contribution is -2.33. The molecule has 1 saturated heterocycles. The number of ether oxygens (including phenoxy) is 1. The molecule has 2 rings (SSSR count). The number of benzene rings is 1. The van der Waals surface area contributed by atoms with Gasteiger partial charge in [0.2, 0.25) is 0 Å². The van der Waals surface area contributed by atoms with E-state index in [1.165, 1.54) is 25.7 Å². The van der Waals surface area contributed by atoms with E-state index in [2.05, 4.69) is 5.32 Å². The van der Waals surface area contributed by atoms with Crippen LogP contribution in [-0.2, 0) is 0 Å². The zero-order chi connectivity index (χ0) is 12.1. The molecule has 3 heteroatoms. The van der Waals surface area contributed by atoms with Crippen LogP contribution in [0.15, 0.2) is 18.2 Å². The van der Waals surface area contributed by atoms with Crippen molar-refractivity contribution in [2.45, 2.75) is 38.6 Å². The van der Waals surface area contributed by atoms with Gasteiger partial charge in [0, 0.05) is 6.04 Å². The van der Waals surface area contributed by atoms with Crippen molar-refractivity contribution < 1.29 is 9.84 Å². The molecule has 0 aliphatic carbocycles. The molecule has 0 aromatic heterocycles. The molecule has 1 aliphatic rings. The van der Waals surface area contributed by atoms with E-state index in [9.17, 15) is 5.11 Å². The van der Waals surface area contributed by atoms with Gasteiger partial charge in [-0.2, -0.15) is 0 Å². The van der Waals surface area contributed by atoms with E-state index in [1.807, 2.05) is 13.0 Å². The summed E-state index contributed by atoms with van der Waals surface area (Å²) in [6.07, 6.45) is 5.07. The quantitative estimate of drug-likeness (QED) is 0.846. The summed E-state index contributed by atoms with van der Waals surface area (Å²) in [5.41, 5.74) is 0.985. The Morgan fingerprint density at radius 3 is 3.06 bits per heavy atom. The van der Waals surface area contributed by atoms with E-state index in [1.54, 1.807) is 12.1 Å². The fourth-order valence-corrected chi connectivity index (χ4v) is 2.23. The van der Waals surface area contributed by atoms with Crippen molar-refractivity contribution in [3.05, 3.63) is 23.8 Å². The number of hydrogen-bond acceptors (Lipinski definition) is 3. The number of nitrogens with one attached hydrogen (secondary N) is 1. The molecule has 0 spiro atoms. The molecule has 1 aromatic carbocycles. The Morgan fingerprint density at radius 1 is 1.35 bits per heavy atom. The van der Waals surface area contributed by atoms with Gasteiger partial charge in [-0.05, 0) is 50.1 Å². The van der Waals surface area contributed by atoms with E-state index in [0.717, 1.165) is 17.9 Å². The fourth-order valence-electron chi connectivity index (χ4n) is 2.23. The molecule has 17 heavy (non-hydrogen) atoms. The SMILES string of the molecule is Cc1cc(O)ccc1OCC1CCCCCN1. The van der Waals surface area contributed by atoms with Crippen LogP contribution in [0.3, 0.4) is 0 Å². The van der Waals surface area contributed by atoms with Crippen molar-refractivity contribution in [3.8, 4) is 11.5 Å². The molecule has 1 atom stereocenters. The Balaban J connectivity index is 1.88. The minimum absolute atomic E-state index is 0.294. The molecule has 1 aliphatic heterocycles. The van der Waals surface area contributed by atoms with Crippen molar-refractivity contribution in [1.29, 1.82) is 0 Å². The Kier molecular flexibility index (Phi) is 4.26. The largest absolute Gasteiger partial charge is 0.508 e. The maximum absolute atomic E-state index is 9.32. The van der Waals surface area contributed by atoms with Crippen LogP contribution in [0, 0.1) is 6.92 Å². The van der Waals surface area contributed by atoms with Crippen molar-refractivity contribution in [2.24, 2.45) is 0 Å². The van der Waals surface area contributed by atoms with Gasteiger partial charge in [-0.15, -0.1) is 0 Å². The predicted molar refractivity (Wildman–Crippen MR) is 68.6 cm³/mol. The molecule has 3 nitrogen and oxygen atoms in total. The number of rotatable bonds is 3. The van der Waals surface area contributed by atoms with Crippen molar-refractivity contribution in [1.82, 2.24) is 5.32 Å². The van der Waals surface area contributed by atoms with Crippen LogP contribution in [0.2, 0.25) is 0 Å². The molecule has 94 valence electrons. The van der Waals surface area contributed by atoms with Gasteiger partial charge in [0.25, 0.3) is 0 Å². The molecular formula is C14H21NO2. The van der Waals surface area contributed by atoms with Gasteiger partial charge in [0.05, 0.1) is 0 Å². The standard InChI is InChI=1S/C14H21NO2/c1-11-9-13(16)6-7-14(11)17-10-12-5-3-2-4-8-15-12/h6-7,9,12,15-16H,2-5,8,10H2,1H3. The van der Waals surface area contributed by atoms with Crippen LogP contribution in [0.5, 0.6) is 11.5 Å². The number of phenols is 1. The third-order valence-electron chi connectivity index (χ3n) is 3.26. The van der Waals surface area contributed by atoms with Gasteiger partial charge in [0.15, 0.2) is 0 Å². The minimum atomic E-state index is 0.294. The maximum atomic E-state index is 9.32. The summed E-state index contributed by atoms with van der Waals surface area (Å²) in [5.74, 6) is 1.16. The van der Waals surface area contributed by atoms with E-state index in [4.69, 9.17) is 4.74 Å². The highest BCUT2D eigenvalue weighted by Gasteiger charge is 2.12. The monoisotopic (exact) mass is 235 g/mol. The molecule has 0 amide bonds. The molecule has 1 fully saturated rings. The first-order valence-corrected chi connectivity index (χ1v) is 6.41. The zero-order valence-electron chi connectivity index (χ0n) is 10.4. The number of aromatic hydroxyl groups is 1. The van der Waals surface area contributed by atoms with E-state index >= 15 is 0 Å². The third kappa shape index (κ3) is 3.63. The summed E-state index contributed by atoms with van der Waals surface area (Å²) in [4.78, 5) is 0. The van der Waals surface area contributed by atoms with Crippen LogP contribution in [0.1, 0.15) is 31.2 Å². The molecule has 1 heterocycles. The lowest BCUT2D eigenvalue weighted by atomic mass is 10.1. The van der Waals surface area contributed by atoms with Crippen LogP contribution in [-0.4, -0.2) is 24.3 Å². The lowest BCUT2D eigenvalue weighted by molar-refractivity contribution is 0.259. The highest BCUT2D eigenvalue weighted by molar-refractivity contribution is 5.38. The Labute approximate surface area is 103 Å². The van der Waals surface area contributed by atoms with Crippen LogP contribution >= 0.6 is 0 Å². The lowest BCUT2D eigenvalue weighted by Gasteiger charge is -2.17. The van der Waals surface area contributed by atoms with Gasteiger partial charge >= 0.3 is 0 Å². The summed E-state index contributed by atoms with van der Waals surface area (Å²) >= 11 is 0. The molecule has 1 unspecified atom stereocenters. The molecule has 0 bridgehead atoms. The smallest absolute Gasteiger partial charge is 0.122 e. The Morgan fingerprint density at radius 2 is 2.24 bits per heavy atom. The number of phenolic OH excluding ortho intramolecular Hbond substituents is 1. The topological polar surface area (TPSA) is 41.5 Å². The fraction of sp³-hybridized carbons (Fsp3) is 0.571. The predicted octanol–water partition coefficient (Wildman–Crippen LogP) is 2.61. The maximum Gasteiger partial charge on any atom is 0.122 e. The van der Waals surface area contributed by atoms with Gasteiger partial charge < -0.3 is 15.2 Å². The van der Waals surface area contributed by atoms with Crippen molar-refractivity contribution in [2.75, 3.05) is 13.2 Å². The van der Waals surface area contributed by atoms with Gasteiger partial charge in [-0.3, -0.25) is 0 Å². The molecular weight excluding hydrogens is 214 g/mol. The van der Waals surface area contributed by atoms with Crippen molar-refractivity contribution >= 4 is 0 Å². The molecule has 0 saturated carbocycles. The average Bonchev–Trinajstić information content (AvgIpc) is 2.56. The average molecular weight is 235 g/mol. The number of hydrogen-bond donors (Lipinski definition) is 2. The van der Waals surface area contributed by atoms with Gasteiger partial charge in [-0.1, -0.05) is 12.8 Å². The molecule has 0 radical (unpaired) electrons. The first-order chi connectivity index (χ1) is 8.25. The normalized spacial score (nSPS) is 20.9. The second kappa shape index (κ2) is 5.92. The van der Waals surface area contributed by atoms with Crippen LogP contribution in [0.25, 0.3) is 0 Å². The molecule has 2 N–H and O–H groups in total. The summed E-state index contributed by atoms with van der Waals surface area (Å²) in [6.45, 7) is 3.77. The van der Waals surface area contributed by atoms with Gasteiger partial charge in [-0.25, -0.2) is 0 Å². The summed E-state index contributed by atoms with van der Waals surface area (Å²) in [5, 5.41) is 12.8. The first-order valence-electron chi connectivity index (χ1n) is 6.41. The first kappa shape index (κ1) is 12.2. The molecule has 1 aromatic rings. The van der Waals surface area contributed by atoms with E-state index < -0.39 is 0 Å². The summed E-state index contributed by atoms with van der Waals surface area (Å²) < 4.78 is 5.81.